The number of carbonyl (C=O) groups is 1. The number of carbonyl (C=O) groups excluding carboxylic acids is 1. The largest absolute Gasteiger partial charge is 0.493 e. The third kappa shape index (κ3) is 4.95. The molecule has 1 unspecified atom stereocenters. The third-order valence-electron chi connectivity index (χ3n) is 4.22. The van der Waals surface area contributed by atoms with E-state index in [1.165, 1.54) is 20.0 Å². The minimum atomic E-state index is -0.588. The fourth-order valence-electron chi connectivity index (χ4n) is 2.82. The topological polar surface area (TPSA) is 54.0 Å². The molecule has 0 radical (unpaired) electrons. The summed E-state index contributed by atoms with van der Waals surface area (Å²) in [7, 11) is 4.49. The molecule has 1 aromatic carbocycles. The average molecular weight is 358 g/mol. The molecule has 0 aliphatic carbocycles. The monoisotopic (exact) mass is 358 g/mol. The Morgan fingerprint density at radius 2 is 1.85 bits per heavy atom. The van der Waals surface area contributed by atoms with E-state index in [0.29, 0.717) is 11.5 Å². The summed E-state index contributed by atoms with van der Waals surface area (Å²) in [6.07, 6.45) is 6.92. The number of benzene rings is 1. The van der Waals surface area contributed by atoms with Crippen molar-refractivity contribution in [2.24, 2.45) is 0 Å². The molecule has 0 aromatic heterocycles. The van der Waals surface area contributed by atoms with Gasteiger partial charge in [0.1, 0.15) is 0 Å². The molecule has 1 aliphatic rings. The van der Waals surface area contributed by atoms with Gasteiger partial charge in [-0.15, -0.1) is 0 Å². The molecule has 1 aliphatic heterocycles. The van der Waals surface area contributed by atoms with E-state index in [4.69, 9.17) is 14.2 Å². The van der Waals surface area contributed by atoms with Gasteiger partial charge in [0.15, 0.2) is 17.6 Å². The van der Waals surface area contributed by atoms with Gasteiger partial charge in [-0.25, -0.2) is 4.79 Å². The van der Waals surface area contributed by atoms with Gasteiger partial charge in [-0.05, 0) is 36.1 Å². The van der Waals surface area contributed by atoms with Crippen LogP contribution in [0.5, 0.6) is 11.5 Å². The van der Waals surface area contributed by atoms with E-state index < -0.39 is 12.1 Å². The Morgan fingerprint density at radius 1 is 1.12 bits per heavy atom. The summed E-state index contributed by atoms with van der Waals surface area (Å²) < 4.78 is 21.4. The molecule has 5 nitrogen and oxygen atoms in total. The van der Waals surface area contributed by atoms with Crippen LogP contribution in [0.4, 0.5) is 0 Å². The predicted octanol–water partition coefficient (Wildman–Crippen LogP) is 4.26. The number of allylic oxidation sites excluding steroid dienone is 1. The van der Waals surface area contributed by atoms with E-state index in [-0.39, 0.29) is 0 Å². The molecule has 0 amide bonds. The van der Waals surface area contributed by atoms with Crippen LogP contribution in [0.15, 0.2) is 17.9 Å². The molecule has 0 bridgehead atoms. The molecule has 140 valence electrons. The smallest absolute Gasteiger partial charge is 0.384 e. The van der Waals surface area contributed by atoms with Crippen LogP contribution in [0, 0.1) is 11.8 Å². The lowest BCUT2D eigenvalue weighted by Gasteiger charge is -2.25. The molecule has 1 aromatic rings. The summed E-state index contributed by atoms with van der Waals surface area (Å²) in [6.45, 7) is 2.19. The highest BCUT2D eigenvalue weighted by Gasteiger charge is 2.23. The molecule has 1 heterocycles. The summed E-state index contributed by atoms with van der Waals surface area (Å²) >= 11 is 0. The van der Waals surface area contributed by atoms with Gasteiger partial charge in [-0.3, -0.25) is 0 Å². The zero-order valence-corrected chi connectivity index (χ0v) is 15.9. The van der Waals surface area contributed by atoms with Gasteiger partial charge in [0, 0.05) is 17.9 Å². The number of fused-ring (bicyclic) bond motifs is 1. The molecular formula is C21H26O5. The lowest BCUT2D eigenvalue weighted by atomic mass is 9.97. The normalized spacial score (nSPS) is 14.9. The fourth-order valence-corrected chi connectivity index (χ4v) is 2.82. The molecule has 0 spiro atoms. The summed E-state index contributed by atoms with van der Waals surface area (Å²) in [5.41, 5.74) is 1.81. The van der Waals surface area contributed by atoms with Gasteiger partial charge in [0.25, 0.3) is 0 Å². The number of ether oxygens (including phenoxy) is 4. The van der Waals surface area contributed by atoms with Crippen molar-refractivity contribution < 1.29 is 23.7 Å². The summed E-state index contributed by atoms with van der Waals surface area (Å²) in [6, 6.07) is 3.75. The van der Waals surface area contributed by atoms with E-state index in [1.807, 2.05) is 18.2 Å². The van der Waals surface area contributed by atoms with E-state index in [2.05, 4.69) is 23.5 Å². The Kier molecular flexibility index (Phi) is 7.40. The molecule has 0 fully saturated rings. The Labute approximate surface area is 155 Å². The molecule has 0 saturated carbocycles. The first-order chi connectivity index (χ1) is 12.6. The molecule has 2 rings (SSSR count). The number of hydrogen-bond acceptors (Lipinski definition) is 5. The van der Waals surface area contributed by atoms with Crippen LogP contribution in [-0.4, -0.2) is 27.3 Å². The Hall–Kier alpha value is -2.61. The van der Waals surface area contributed by atoms with Crippen LogP contribution in [0.1, 0.15) is 56.3 Å². The van der Waals surface area contributed by atoms with Crippen LogP contribution in [-0.2, 0) is 14.3 Å². The number of rotatable bonds is 7. The SMILES string of the molecule is CCCCCCC1=Cc2cc(OC)c(OC)cc2C(C#CC(=O)OC)O1. The van der Waals surface area contributed by atoms with Crippen molar-refractivity contribution >= 4 is 12.0 Å². The molecule has 0 saturated heterocycles. The van der Waals surface area contributed by atoms with Crippen molar-refractivity contribution in [3.8, 4) is 23.3 Å². The maximum absolute atomic E-state index is 11.4. The second kappa shape index (κ2) is 9.76. The summed E-state index contributed by atoms with van der Waals surface area (Å²) in [5, 5.41) is 0. The zero-order valence-electron chi connectivity index (χ0n) is 15.9. The van der Waals surface area contributed by atoms with E-state index in [1.54, 1.807) is 14.2 Å². The van der Waals surface area contributed by atoms with Crippen molar-refractivity contribution in [1.29, 1.82) is 0 Å². The van der Waals surface area contributed by atoms with Gasteiger partial charge in [0.05, 0.1) is 27.1 Å². The molecule has 1 atom stereocenters. The highest BCUT2D eigenvalue weighted by Crippen LogP contribution is 2.39. The maximum Gasteiger partial charge on any atom is 0.384 e. The molecule has 0 N–H and O–H groups in total. The highest BCUT2D eigenvalue weighted by molar-refractivity contribution is 5.88. The van der Waals surface area contributed by atoms with Gasteiger partial charge in [0.2, 0.25) is 0 Å². The second-order valence-corrected chi connectivity index (χ2v) is 6.02. The molecule has 26 heavy (non-hydrogen) atoms. The minimum Gasteiger partial charge on any atom is -0.493 e. The van der Waals surface area contributed by atoms with Crippen molar-refractivity contribution in [3.63, 3.8) is 0 Å². The summed E-state index contributed by atoms with van der Waals surface area (Å²) in [4.78, 5) is 11.4. The zero-order chi connectivity index (χ0) is 18.9. The van der Waals surface area contributed by atoms with Crippen LogP contribution in [0.2, 0.25) is 0 Å². The van der Waals surface area contributed by atoms with Gasteiger partial charge >= 0.3 is 5.97 Å². The number of esters is 1. The minimum absolute atomic E-state index is 0.546. The average Bonchev–Trinajstić information content (AvgIpc) is 2.67. The van der Waals surface area contributed by atoms with Gasteiger partial charge in [-0.2, -0.15) is 0 Å². The van der Waals surface area contributed by atoms with Gasteiger partial charge < -0.3 is 18.9 Å². The first kappa shape index (κ1) is 19.7. The lowest BCUT2D eigenvalue weighted by Crippen LogP contribution is -2.11. The van der Waals surface area contributed by atoms with Crippen LogP contribution >= 0.6 is 0 Å². The van der Waals surface area contributed by atoms with Crippen LogP contribution in [0.25, 0.3) is 6.08 Å². The van der Waals surface area contributed by atoms with Crippen LogP contribution in [0.3, 0.4) is 0 Å². The Balaban J connectivity index is 2.34. The predicted molar refractivity (Wildman–Crippen MR) is 99.9 cm³/mol. The number of unbranched alkanes of at least 4 members (excludes halogenated alkanes) is 3. The Morgan fingerprint density at radius 3 is 2.50 bits per heavy atom. The van der Waals surface area contributed by atoms with Crippen molar-refractivity contribution in [3.05, 3.63) is 29.0 Å². The third-order valence-corrected chi connectivity index (χ3v) is 4.22. The van der Waals surface area contributed by atoms with E-state index >= 15 is 0 Å². The quantitative estimate of drug-likeness (QED) is 0.315. The van der Waals surface area contributed by atoms with Crippen molar-refractivity contribution in [2.75, 3.05) is 21.3 Å². The summed E-state index contributed by atoms with van der Waals surface area (Å²) in [5.74, 6) is 6.86. The van der Waals surface area contributed by atoms with Crippen molar-refractivity contribution in [1.82, 2.24) is 0 Å². The maximum atomic E-state index is 11.4. The van der Waals surface area contributed by atoms with E-state index in [9.17, 15) is 4.79 Å². The molecular weight excluding hydrogens is 332 g/mol. The number of hydrogen-bond donors (Lipinski definition) is 0. The molecule has 5 heteroatoms. The van der Waals surface area contributed by atoms with E-state index in [0.717, 1.165) is 36.1 Å². The van der Waals surface area contributed by atoms with Gasteiger partial charge in [-0.1, -0.05) is 26.2 Å². The second-order valence-electron chi connectivity index (χ2n) is 6.02. The first-order valence-electron chi connectivity index (χ1n) is 8.85. The Bertz CT molecular complexity index is 724. The fraction of sp³-hybridized carbons (Fsp3) is 0.476. The van der Waals surface area contributed by atoms with Crippen LogP contribution < -0.4 is 9.47 Å². The first-order valence-corrected chi connectivity index (χ1v) is 8.85. The standard InChI is InChI=1S/C21H26O5/c1-5-6-7-8-9-16-12-15-13-19(23-2)20(24-3)14-17(15)18(26-16)10-11-21(22)25-4/h12-14,18H,5-9H2,1-4H3. The highest BCUT2D eigenvalue weighted by atomic mass is 16.5. The number of methoxy groups -OCH3 is 3. The lowest BCUT2D eigenvalue weighted by molar-refractivity contribution is -0.133. The van der Waals surface area contributed by atoms with Crippen molar-refractivity contribution in [2.45, 2.75) is 45.1 Å².